The summed E-state index contributed by atoms with van der Waals surface area (Å²) in [5.74, 6) is 0. The molecule has 0 saturated heterocycles. The summed E-state index contributed by atoms with van der Waals surface area (Å²) < 4.78 is 0. The Morgan fingerprint density at radius 3 is 2.43 bits per heavy atom. The van der Waals surface area contributed by atoms with Crippen LogP contribution in [0.1, 0.15) is 20.3 Å². The van der Waals surface area contributed by atoms with E-state index < -0.39 is 0 Å². The van der Waals surface area contributed by atoms with Crippen molar-refractivity contribution in [3.63, 3.8) is 0 Å². The third-order valence-electron chi connectivity index (χ3n) is 0.675. The van der Waals surface area contributed by atoms with Crippen molar-refractivity contribution >= 4 is 0 Å². The highest BCUT2D eigenvalue weighted by Gasteiger charge is 1.57. The molecule has 0 aliphatic carbocycles. The van der Waals surface area contributed by atoms with Crippen molar-refractivity contribution in [2.24, 2.45) is 0 Å². The van der Waals surface area contributed by atoms with Crippen molar-refractivity contribution in [1.29, 1.82) is 0 Å². The fraction of sp³-hybridized carbons (Fsp3) is 0.429. The molecule has 0 rings (SSSR count). The summed E-state index contributed by atoms with van der Waals surface area (Å²) in [6.45, 7) is 4.14. The molecule has 0 radical (unpaired) electrons. The van der Waals surface area contributed by atoms with Crippen molar-refractivity contribution in [3.8, 4) is 0 Å². The minimum atomic E-state index is 1.13. The minimum Gasteiger partial charge on any atom is -0.0877 e. The van der Waals surface area contributed by atoms with E-state index in [1.54, 1.807) is 0 Å². The summed E-state index contributed by atoms with van der Waals surface area (Å²) in [6.07, 6.45) is 9.36. The molecule has 0 aromatic carbocycles. The van der Waals surface area contributed by atoms with Crippen LogP contribution in [0.5, 0.6) is 0 Å². The van der Waals surface area contributed by atoms with Gasteiger partial charge in [-0.25, -0.2) is 0 Å². The smallest absolute Gasteiger partial charge is 0.0376 e. The molecule has 0 unspecified atom stereocenters. The van der Waals surface area contributed by atoms with E-state index in [4.69, 9.17) is 0 Å². The largest absolute Gasteiger partial charge is 0.0877 e. The van der Waals surface area contributed by atoms with Gasteiger partial charge in [-0.05, 0) is 13.3 Å². The van der Waals surface area contributed by atoms with E-state index in [0.29, 0.717) is 0 Å². The van der Waals surface area contributed by atoms with Gasteiger partial charge in [0.2, 0.25) is 0 Å². The molecule has 0 amide bonds. The lowest BCUT2D eigenvalue weighted by Gasteiger charge is -1.70. The van der Waals surface area contributed by atoms with Crippen LogP contribution < -0.4 is 0 Å². The Hall–Kier alpha value is -0.520. The highest BCUT2D eigenvalue weighted by molar-refractivity contribution is 5.00. The van der Waals surface area contributed by atoms with Gasteiger partial charge in [-0.1, -0.05) is 31.2 Å². The topological polar surface area (TPSA) is 0 Å². The zero-order valence-corrected chi connectivity index (χ0v) is 5.02. The second-order valence-electron chi connectivity index (χ2n) is 1.36. The summed E-state index contributed by atoms with van der Waals surface area (Å²) in [6, 6.07) is 0. The first-order valence-electron chi connectivity index (χ1n) is 2.69. The molecule has 0 spiro atoms. The molecule has 0 saturated carbocycles. The summed E-state index contributed by atoms with van der Waals surface area (Å²) in [7, 11) is 0. The monoisotopic (exact) mass is 96.1 g/mol. The van der Waals surface area contributed by atoms with Gasteiger partial charge in [-0.3, -0.25) is 0 Å². The molecule has 0 nitrogen and oxygen atoms in total. The Morgan fingerprint density at radius 1 is 1.29 bits per heavy atom. The van der Waals surface area contributed by atoms with Crippen molar-refractivity contribution < 1.29 is 0 Å². The molecular weight excluding hydrogens is 84.1 g/mol. The fourth-order valence-electron chi connectivity index (χ4n) is 0.326. The highest BCUT2D eigenvalue weighted by atomic mass is 13.6. The van der Waals surface area contributed by atoms with Gasteiger partial charge < -0.3 is 0 Å². The number of allylic oxidation sites excluding steroid dienone is 4. The van der Waals surface area contributed by atoms with Crippen LogP contribution in [0.25, 0.3) is 0 Å². The van der Waals surface area contributed by atoms with E-state index in [-0.39, 0.29) is 0 Å². The Morgan fingerprint density at radius 2 is 2.00 bits per heavy atom. The average molecular weight is 96.2 g/mol. The Labute approximate surface area is 45.5 Å². The lowest BCUT2D eigenvalue weighted by Crippen LogP contribution is -1.48. The van der Waals surface area contributed by atoms with Gasteiger partial charge in [0.25, 0.3) is 0 Å². The van der Waals surface area contributed by atoms with Crippen molar-refractivity contribution in [3.05, 3.63) is 24.3 Å². The van der Waals surface area contributed by atoms with Crippen LogP contribution >= 0.6 is 0 Å². The predicted molar refractivity (Wildman–Crippen MR) is 34.2 cm³/mol. The molecule has 0 N–H and O–H groups in total. The number of hydrogen-bond acceptors (Lipinski definition) is 0. The van der Waals surface area contributed by atoms with Gasteiger partial charge >= 0.3 is 0 Å². The maximum Gasteiger partial charge on any atom is -0.0376 e. The first kappa shape index (κ1) is 6.48. The SMILES string of the molecule is C/C=C\C=C/CC. The zero-order valence-electron chi connectivity index (χ0n) is 5.02. The zero-order chi connectivity index (χ0) is 5.54. The van der Waals surface area contributed by atoms with Gasteiger partial charge in [0.05, 0.1) is 0 Å². The lowest BCUT2D eigenvalue weighted by molar-refractivity contribution is 1.22. The summed E-state index contributed by atoms with van der Waals surface area (Å²) >= 11 is 0. The van der Waals surface area contributed by atoms with Crippen LogP contribution in [0.4, 0.5) is 0 Å². The van der Waals surface area contributed by atoms with Crippen LogP contribution in [0.15, 0.2) is 24.3 Å². The molecule has 0 aliphatic heterocycles. The van der Waals surface area contributed by atoms with E-state index in [0.717, 1.165) is 6.42 Å². The number of rotatable bonds is 2. The van der Waals surface area contributed by atoms with Crippen LogP contribution in [0.3, 0.4) is 0 Å². The minimum absolute atomic E-state index is 1.13. The summed E-state index contributed by atoms with van der Waals surface area (Å²) in [5.41, 5.74) is 0. The summed E-state index contributed by atoms with van der Waals surface area (Å²) in [5, 5.41) is 0. The lowest BCUT2D eigenvalue weighted by atomic mass is 10.4. The molecule has 0 heteroatoms. The van der Waals surface area contributed by atoms with Gasteiger partial charge in [-0.15, -0.1) is 0 Å². The molecule has 0 heterocycles. The van der Waals surface area contributed by atoms with E-state index in [1.165, 1.54) is 0 Å². The van der Waals surface area contributed by atoms with Crippen molar-refractivity contribution in [2.75, 3.05) is 0 Å². The molecule has 0 fully saturated rings. The van der Waals surface area contributed by atoms with E-state index >= 15 is 0 Å². The van der Waals surface area contributed by atoms with Crippen LogP contribution in [-0.2, 0) is 0 Å². The third kappa shape index (κ3) is 5.48. The second kappa shape index (κ2) is 5.48. The maximum absolute atomic E-state index is 2.12. The maximum atomic E-state index is 2.12. The molecule has 40 valence electrons. The average Bonchev–Trinajstić information content (AvgIpc) is 1.69. The van der Waals surface area contributed by atoms with Gasteiger partial charge in [0.1, 0.15) is 0 Å². The Kier molecular flexibility index (Phi) is 5.07. The van der Waals surface area contributed by atoms with E-state index in [9.17, 15) is 0 Å². The van der Waals surface area contributed by atoms with E-state index in [1.807, 2.05) is 19.1 Å². The molecule has 0 aliphatic rings. The third-order valence-corrected chi connectivity index (χ3v) is 0.675. The van der Waals surface area contributed by atoms with E-state index in [2.05, 4.69) is 19.1 Å². The quantitative estimate of drug-likeness (QED) is 0.463. The molecular formula is C7H12. The first-order chi connectivity index (χ1) is 3.41. The van der Waals surface area contributed by atoms with Crippen molar-refractivity contribution in [1.82, 2.24) is 0 Å². The standard InChI is InChI=1S/C7H12/c1-3-5-7-6-4-2/h3,5-7H,4H2,1-2H3/b5-3-,7-6-. The molecule has 0 bridgehead atoms. The summed E-state index contributed by atoms with van der Waals surface area (Å²) in [4.78, 5) is 0. The van der Waals surface area contributed by atoms with Crippen LogP contribution in [0.2, 0.25) is 0 Å². The normalized spacial score (nSPS) is 11.7. The van der Waals surface area contributed by atoms with Crippen LogP contribution in [0, 0.1) is 0 Å². The predicted octanol–water partition coefficient (Wildman–Crippen LogP) is 2.53. The van der Waals surface area contributed by atoms with Gasteiger partial charge in [0.15, 0.2) is 0 Å². The molecule has 0 atom stereocenters. The molecule has 0 aromatic heterocycles. The molecule has 0 aromatic rings. The second-order valence-corrected chi connectivity index (χ2v) is 1.36. The highest BCUT2D eigenvalue weighted by Crippen LogP contribution is 1.79. The van der Waals surface area contributed by atoms with Crippen LogP contribution in [-0.4, -0.2) is 0 Å². The van der Waals surface area contributed by atoms with Gasteiger partial charge in [0, 0.05) is 0 Å². The Balaban J connectivity index is 3.09. The Bertz CT molecular complexity index is 68.1. The molecule has 7 heavy (non-hydrogen) atoms. The fourth-order valence-corrected chi connectivity index (χ4v) is 0.326. The van der Waals surface area contributed by atoms with Crippen molar-refractivity contribution in [2.45, 2.75) is 20.3 Å². The van der Waals surface area contributed by atoms with Gasteiger partial charge in [-0.2, -0.15) is 0 Å². The number of hydrogen-bond donors (Lipinski definition) is 0. The first-order valence-corrected chi connectivity index (χ1v) is 2.69.